The van der Waals surface area contributed by atoms with Crippen LogP contribution in [0.2, 0.25) is 0 Å². The van der Waals surface area contributed by atoms with E-state index in [9.17, 15) is 4.79 Å². The Morgan fingerprint density at radius 1 is 1.12 bits per heavy atom. The largest absolute Gasteiger partial charge is 0.368 e. The van der Waals surface area contributed by atoms with Crippen LogP contribution in [0, 0.1) is 0 Å². The van der Waals surface area contributed by atoms with E-state index in [4.69, 9.17) is 0 Å². The Morgan fingerprint density at radius 2 is 1.88 bits per heavy atom. The molecule has 0 aromatic rings. The molecule has 86 valence electrons. The highest BCUT2D eigenvalue weighted by atomic mass is 16.2. The number of amides is 1. The number of rotatable bonds is 2. The van der Waals surface area contributed by atoms with Gasteiger partial charge in [-0.15, -0.1) is 0 Å². The lowest BCUT2D eigenvalue weighted by Gasteiger charge is -2.31. The molecule has 2 rings (SSSR count). The van der Waals surface area contributed by atoms with E-state index in [1.807, 2.05) is 24.4 Å². The summed E-state index contributed by atoms with van der Waals surface area (Å²) in [6, 6.07) is 0. The van der Waals surface area contributed by atoms with Crippen LogP contribution >= 0.6 is 0 Å². The fourth-order valence-electron chi connectivity index (χ4n) is 2.08. The van der Waals surface area contributed by atoms with Crippen LogP contribution in [0.4, 0.5) is 0 Å². The van der Waals surface area contributed by atoms with Gasteiger partial charge < -0.3 is 9.80 Å². The van der Waals surface area contributed by atoms with E-state index in [1.54, 1.807) is 4.90 Å². The molecule has 1 saturated heterocycles. The van der Waals surface area contributed by atoms with E-state index in [2.05, 4.69) is 11.5 Å². The number of carbonyl (C=O) groups excluding carboxylic acids is 1. The van der Waals surface area contributed by atoms with E-state index in [0.29, 0.717) is 12.2 Å². The van der Waals surface area contributed by atoms with Crippen molar-refractivity contribution in [2.45, 2.75) is 19.3 Å². The molecule has 2 aliphatic rings. The molecule has 0 saturated carbocycles. The first kappa shape index (κ1) is 11.0. The van der Waals surface area contributed by atoms with Crippen molar-refractivity contribution in [3.8, 4) is 0 Å². The molecule has 0 aromatic heterocycles. The Labute approximate surface area is 96.7 Å². The monoisotopic (exact) mass is 218 g/mol. The van der Waals surface area contributed by atoms with Gasteiger partial charge in [0, 0.05) is 25.8 Å². The lowest BCUT2D eigenvalue weighted by Crippen LogP contribution is -2.38. The third kappa shape index (κ3) is 2.35. The number of hydrogen-bond donors (Lipinski definition) is 0. The summed E-state index contributed by atoms with van der Waals surface area (Å²) in [4.78, 5) is 15.9. The summed E-state index contributed by atoms with van der Waals surface area (Å²) in [6.45, 7) is 6.53. The van der Waals surface area contributed by atoms with Crippen molar-refractivity contribution in [3.63, 3.8) is 0 Å². The topological polar surface area (TPSA) is 23.6 Å². The number of hydrogen-bond acceptors (Lipinski definition) is 2. The molecular formula is C13H18N2O. The van der Waals surface area contributed by atoms with Gasteiger partial charge in [0.25, 0.3) is 5.91 Å². The van der Waals surface area contributed by atoms with Crippen molar-refractivity contribution in [1.29, 1.82) is 0 Å². The number of likely N-dealkylation sites (tertiary alicyclic amines) is 1. The van der Waals surface area contributed by atoms with Gasteiger partial charge in [0.2, 0.25) is 0 Å². The normalized spacial score (nSPS) is 20.0. The zero-order chi connectivity index (χ0) is 11.4. The molecule has 0 atom stereocenters. The van der Waals surface area contributed by atoms with Crippen molar-refractivity contribution >= 4 is 5.91 Å². The molecular weight excluding hydrogens is 200 g/mol. The third-order valence-corrected chi connectivity index (χ3v) is 3.06. The van der Waals surface area contributed by atoms with Crippen LogP contribution in [0.25, 0.3) is 0 Å². The van der Waals surface area contributed by atoms with Crippen LogP contribution in [0.5, 0.6) is 0 Å². The van der Waals surface area contributed by atoms with E-state index >= 15 is 0 Å². The summed E-state index contributed by atoms with van der Waals surface area (Å²) in [5, 5.41) is 0. The van der Waals surface area contributed by atoms with Gasteiger partial charge in [-0.1, -0.05) is 18.7 Å². The van der Waals surface area contributed by atoms with Gasteiger partial charge in [0.1, 0.15) is 0 Å². The molecule has 0 radical (unpaired) electrons. The molecule has 0 unspecified atom stereocenters. The smallest absolute Gasteiger partial charge is 0.273 e. The van der Waals surface area contributed by atoms with Gasteiger partial charge in [0.05, 0.1) is 5.70 Å². The van der Waals surface area contributed by atoms with Crippen molar-refractivity contribution in [1.82, 2.24) is 9.80 Å². The molecule has 0 aromatic carbocycles. The van der Waals surface area contributed by atoms with Crippen LogP contribution in [0.1, 0.15) is 19.3 Å². The molecule has 0 bridgehead atoms. The van der Waals surface area contributed by atoms with Gasteiger partial charge in [-0.3, -0.25) is 4.79 Å². The lowest BCUT2D eigenvalue weighted by molar-refractivity contribution is -0.126. The van der Waals surface area contributed by atoms with E-state index in [0.717, 1.165) is 13.1 Å². The maximum Gasteiger partial charge on any atom is 0.273 e. The molecule has 3 heteroatoms. The van der Waals surface area contributed by atoms with Crippen LogP contribution in [-0.2, 0) is 4.79 Å². The molecule has 2 aliphatic heterocycles. The zero-order valence-corrected chi connectivity index (χ0v) is 9.56. The first-order valence-electron chi connectivity index (χ1n) is 5.87. The Kier molecular flexibility index (Phi) is 3.44. The summed E-state index contributed by atoms with van der Waals surface area (Å²) in [5.74, 6) is 0.0301. The minimum absolute atomic E-state index is 0.0301. The van der Waals surface area contributed by atoms with Crippen LogP contribution in [-0.4, -0.2) is 35.3 Å². The van der Waals surface area contributed by atoms with Crippen molar-refractivity contribution < 1.29 is 4.79 Å². The second kappa shape index (κ2) is 5.01. The molecule has 0 aliphatic carbocycles. The van der Waals surface area contributed by atoms with Gasteiger partial charge in [-0.05, 0) is 25.3 Å². The van der Waals surface area contributed by atoms with Crippen LogP contribution in [0.3, 0.4) is 0 Å². The van der Waals surface area contributed by atoms with Gasteiger partial charge >= 0.3 is 0 Å². The van der Waals surface area contributed by atoms with Gasteiger partial charge in [-0.25, -0.2) is 0 Å². The van der Waals surface area contributed by atoms with E-state index < -0.39 is 0 Å². The van der Waals surface area contributed by atoms with Crippen molar-refractivity contribution in [2.24, 2.45) is 0 Å². The molecule has 2 heterocycles. The SMILES string of the molecule is C=C(C(=O)N1C=CC=CC1)N1CCCCC1. The number of nitrogens with zero attached hydrogens (tertiary/aromatic N) is 2. The number of piperidine rings is 1. The Morgan fingerprint density at radius 3 is 2.50 bits per heavy atom. The highest BCUT2D eigenvalue weighted by Gasteiger charge is 2.21. The van der Waals surface area contributed by atoms with E-state index in [1.165, 1.54) is 19.3 Å². The molecule has 16 heavy (non-hydrogen) atoms. The second-order valence-corrected chi connectivity index (χ2v) is 4.22. The van der Waals surface area contributed by atoms with Crippen LogP contribution < -0.4 is 0 Å². The molecule has 0 N–H and O–H groups in total. The summed E-state index contributed by atoms with van der Waals surface area (Å²) in [5.41, 5.74) is 0.639. The maximum absolute atomic E-state index is 12.1. The Bertz CT molecular complexity index is 338. The molecule has 3 nitrogen and oxygen atoms in total. The molecule has 1 fully saturated rings. The first-order chi connectivity index (χ1) is 7.79. The predicted octanol–water partition coefficient (Wildman–Crippen LogP) is 1.90. The van der Waals surface area contributed by atoms with E-state index in [-0.39, 0.29) is 5.91 Å². The molecule has 0 spiro atoms. The average molecular weight is 218 g/mol. The minimum Gasteiger partial charge on any atom is -0.368 e. The van der Waals surface area contributed by atoms with Gasteiger partial charge in [-0.2, -0.15) is 0 Å². The zero-order valence-electron chi connectivity index (χ0n) is 9.56. The summed E-state index contributed by atoms with van der Waals surface area (Å²) >= 11 is 0. The lowest BCUT2D eigenvalue weighted by atomic mass is 10.1. The minimum atomic E-state index is 0.0301. The number of allylic oxidation sites excluding steroid dienone is 2. The van der Waals surface area contributed by atoms with Crippen molar-refractivity contribution in [2.75, 3.05) is 19.6 Å². The van der Waals surface area contributed by atoms with Crippen LogP contribution in [0.15, 0.2) is 36.7 Å². The standard InChI is InChI=1S/C13H18N2O/c1-12(14-8-4-2-5-9-14)13(16)15-10-6-3-7-11-15/h3,6-7,10H,1-2,4-5,8-9,11H2. The van der Waals surface area contributed by atoms with Crippen molar-refractivity contribution in [3.05, 3.63) is 36.7 Å². The second-order valence-electron chi connectivity index (χ2n) is 4.22. The Hall–Kier alpha value is -1.51. The average Bonchev–Trinajstić information content (AvgIpc) is 2.39. The highest BCUT2D eigenvalue weighted by Crippen LogP contribution is 2.16. The Balaban J connectivity index is 1.95. The predicted molar refractivity (Wildman–Crippen MR) is 64.6 cm³/mol. The third-order valence-electron chi connectivity index (χ3n) is 3.06. The summed E-state index contributed by atoms with van der Waals surface area (Å²) in [7, 11) is 0. The first-order valence-corrected chi connectivity index (χ1v) is 5.87. The van der Waals surface area contributed by atoms with Gasteiger partial charge in [0.15, 0.2) is 0 Å². The maximum atomic E-state index is 12.1. The highest BCUT2D eigenvalue weighted by molar-refractivity contribution is 5.93. The fourth-order valence-corrected chi connectivity index (χ4v) is 2.08. The molecule has 1 amide bonds. The summed E-state index contributed by atoms with van der Waals surface area (Å²) < 4.78 is 0. The number of carbonyl (C=O) groups is 1. The quantitative estimate of drug-likeness (QED) is 0.661. The fraction of sp³-hybridized carbons (Fsp3) is 0.462. The summed E-state index contributed by atoms with van der Waals surface area (Å²) in [6.07, 6.45) is 11.2.